The molecule has 1 aliphatic rings. The van der Waals surface area contributed by atoms with Gasteiger partial charge in [0.2, 0.25) is 0 Å². The van der Waals surface area contributed by atoms with Crippen molar-refractivity contribution in [1.29, 1.82) is 0 Å². The van der Waals surface area contributed by atoms with Crippen LogP contribution in [-0.2, 0) is 0 Å². The normalized spacial score (nSPS) is 33.0. The Morgan fingerprint density at radius 1 is 1.27 bits per heavy atom. The van der Waals surface area contributed by atoms with Gasteiger partial charge in [-0.3, -0.25) is 4.90 Å². The third kappa shape index (κ3) is 2.17. The van der Waals surface area contributed by atoms with E-state index < -0.39 is 0 Å². The highest BCUT2D eigenvalue weighted by atomic mass is 15.2. The van der Waals surface area contributed by atoms with Crippen molar-refractivity contribution in [3.8, 4) is 0 Å². The summed E-state index contributed by atoms with van der Waals surface area (Å²) in [6, 6.07) is 1.58. The van der Waals surface area contributed by atoms with Gasteiger partial charge >= 0.3 is 0 Å². The Morgan fingerprint density at radius 3 is 2.27 bits per heavy atom. The van der Waals surface area contributed by atoms with E-state index in [0.29, 0.717) is 0 Å². The standard InChI is InChI=1S/C9H20N2/c1-8-4-5-9(2)11(8)7-3-6-10/h8-9H,3-7,10H2,1-2H3. The number of hydrogen-bond acceptors (Lipinski definition) is 2. The maximum atomic E-state index is 5.47. The van der Waals surface area contributed by atoms with Gasteiger partial charge in [0, 0.05) is 12.1 Å². The molecule has 2 heteroatoms. The topological polar surface area (TPSA) is 29.3 Å². The number of nitrogens with zero attached hydrogens (tertiary/aromatic N) is 1. The molecule has 0 spiro atoms. The molecule has 1 saturated heterocycles. The van der Waals surface area contributed by atoms with Crippen molar-refractivity contribution in [2.45, 2.75) is 45.2 Å². The average Bonchev–Trinajstić information content (AvgIpc) is 2.29. The molecular weight excluding hydrogens is 136 g/mol. The summed E-state index contributed by atoms with van der Waals surface area (Å²) in [5, 5.41) is 0. The zero-order chi connectivity index (χ0) is 8.27. The summed E-state index contributed by atoms with van der Waals surface area (Å²) in [5.74, 6) is 0. The summed E-state index contributed by atoms with van der Waals surface area (Å²) in [6.45, 7) is 6.66. The first-order chi connectivity index (χ1) is 5.25. The van der Waals surface area contributed by atoms with E-state index in [1.165, 1.54) is 19.4 Å². The van der Waals surface area contributed by atoms with Crippen molar-refractivity contribution in [1.82, 2.24) is 4.90 Å². The smallest absolute Gasteiger partial charge is 0.00703 e. The molecule has 0 bridgehead atoms. The van der Waals surface area contributed by atoms with Crippen molar-refractivity contribution in [3.63, 3.8) is 0 Å². The fraction of sp³-hybridized carbons (Fsp3) is 1.00. The van der Waals surface area contributed by atoms with E-state index in [2.05, 4.69) is 18.7 Å². The Balaban J connectivity index is 2.29. The van der Waals surface area contributed by atoms with Crippen molar-refractivity contribution in [2.75, 3.05) is 13.1 Å². The summed E-state index contributed by atoms with van der Waals surface area (Å²) >= 11 is 0. The number of hydrogen-bond donors (Lipinski definition) is 1. The Kier molecular flexibility index (Phi) is 3.34. The number of rotatable bonds is 3. The van der Waals surface area contributed by atoms with Gasteiger partial charge in [0.25, 0.3) is 0 Å². The van der Waals surface area contributed by atoms with Gasteiger partial charge in [-0.1, -0.05) is 0 Å². The molecule has 1 fully saturated rings. The second kappa shape index (κ2) is 4.07. The third-order valence-electron chi connectivity index (χ3n) is 2.75. The summed E-state index contributed by atoms with van der Waals surface area (Å²) < 4.78 is 0. The second-order valence-electron chi connectivity index (χ2n) is 3.66. The highest BCUT2D eigenvalue weighted by molar-refractivity contribution is 4.81. The molecule has 1 heterocycles. The van der Waals surface area contributed by atoms with Crippen LogP contribution in [0.25, 0.3) is 0 Å². The molecule has 11 heavy (non-hydrogen) atoms. The van der Waals surface area contributed by atoms with Gasteiger partial charge in [-0.2, -0.15) is 0 Å². The highest BCUT2D eigenvalue weighted by Crippen LogP contribution is 2.22. The van der Waals surface area contributed by atoms with Gasteiger partial charge < -0.3 is 5.73 Å². The Bertz CT molecular complexity index is 104. The highest BCUT2D eigenvalue weighted by Gasteiger charge is 2.25. The first-order valence-electron chi connectivity index (χ1n) is 4.71. The van der Waals surface area contributed by atoms with Crippen LogP contribution in [0, 0.1) is 0 Å². The van der Waals surface area contributed by atoms with Crippen molar-refractivity contribution in [2.24, 2.45) is 5.73 Å². The maximum absolute atomic E-state index is 5.47. The lowest BCUT2D eigenvalue weighted by atomic mass is 10.2. The summed E-state index contributed by atoms with van der Waals surface area (Å²) in [7, 11) is 0. The van der Waals surface area contributed by atoms with Crippen LogP contribution in [-0.4, -0.2) is 30.1 Å². The average molecular weight is 156 g/mol. The minimum absolute atomic E-state index is 0.788. The van der Waals surface area contributed by atoms with Crippen LogP contribution in [0.15, 0.2) is 0 Å². The van der Waals surface area contributed by atoms with Crippen molar-refractivity contribution in [3.05, 3.63) is 0 Å². The molecule has 0 amide bonds. The van der Waals surface area contributed by atoms with E-state index in [4.69, 9.17) is 5.73 Å². The molecule has 1 aliphatic heterocycles. The zero-order valence-electron chi connectivity index (χ0n) is 7.71. The molecule has 66 valence electrons. The summed E-state index contributed by atoms with van der Waals surface area (Å²) in [4.78, 5) is 2.58. The molecule has 1 rings (SSSR count). The lowest BCUT2D eigenvalue weighted by Crippen LogP contribution is -2.34. The molecule has 2 N–H and O–H groups in total. The quantitative estimate of drug-likeness (QED) is 0.665. The number of nitrogens with two attached hydrogens (primary N) is 1. The van der Waals surface area contributed by atoms with E-state index >= 15 is 0 Å². The van der Waals surface area contributed by atoms with E-state index in [9.17, 15) is 0 Å². The summed E-state index contributed by atoms with van der Waals surface area (Å²) in [6.07, 6.45) is 3.88. The van der Waals surface area contributed by atoms with Gasteiger partial charge in [0.05, 0.1) is 0 Å². The van der Waals surface area contributed by atoms with E-state index in [-0.39, 0.29) is 0 Å². The predicted octanol–water partition coefficient (Wildman–Crippen LogP) is 1.21. The molecular formula is C9H20N2. The minimum Gasteiger partial charge on any atom is -0.330 e. The fourth-order valence-corrected chi connectivity index (χ4v) is 1.96. The van der Waals surface area contributed by atoms with Crippen LogP contribution in [0.2, 0.25) is 0 Å². The molecule has 2 unspecified atom stereocenters. The SMILES string of the molecule is CC1CCC(C)N1CCCN. The van der Waals surface area contributed by atoms with Crippen molar-refractivity contribution < 1.29 is 0 Å². The van der Waals surface area contributed by atoms with E-state index in [0.717, 1.165) is 25.0 Å². The maximum Gasteiger partial charge on any atom is 0.00703 e. The lowest BCUT2D eigenvalue weighted by Gasteiger charge is -2.25. The van der Waals surface area contributed by atoms with Gasteiger partial charge in [0.15, 0.2) is 0 Å². The van der Waals surface area contributed by atoms with E-state index in [1.54, 1.807) is 0 Å². The predicted molar refractivity (Wildman–Crippen MR) is 48.5 cm³/mol. The number of likely N-dealkylation sites (tertiary alicyclic amines) is 1. The van der Waals surface area contributed by atoms with Gasteiger partial charge in [-0.05, 0) is 46.2 Å². The summed E-state index contributed by atoms with van der Waals surface area (Å²) in [5.41, 5.74) is 5.47. The molecule has 0 radical (unpaired) electrons. The monoisotopic (exact) mass is 156 g/mol. The molecule has 0 aliphatic carbocycles. The van der Waals surface area contributed by atoms with Crippen LogP contribution in [0.4, 0.5) is 0 Å². The zero-order valence-corrected chi connectivity index (χ0v) is 7.71. The first-order valence-corrected chi connectivity index (χ1v) is 4.71. The Labute approximate surface area is 69.8 Å². The second-order valence-corrected chi connectivity index (χ2v) is 3.66. The Morgan fingerprint density at radius 2 is 1.82 bits per heavy atom. The van der Waals surface area contributed by atoms with E-state index in [1.807, 2.05) is 0 Å². The first kappa shape index (κ1) is 9.01. The fourth-order valence-electron chi connectivity index (χ4n) is 1.96. The lowest BCUT2D eigenvalue weighted by molar-refractivity contribution is 0.213. The molecule has 0 saturated carbocycles. The molecule has 2 atom stereocenters. The molecule has 0 aromatic rings. The van der Waals surface area contributed by atoms with Crippen LogP contribution < -0.4 is 5.73 Å². The Hall–Kier alpha value is -0.0800. The van der Waals surface area contributed by atoms with Gasteiger partial charge in [-0.25, -0.2) is 0 Å². The third-order valence-corrected chi connectivity index (χ3v) is 2.75. The molecule has 0 aromatic heterocycles. The van der Waals surface area contributed by atoms with Gasteiger partial charge in [-0.15, -0.1) is 0 Å². The van der Waals surface area contributed by atoms with Crippen LogP contribution >= 0.6 is 0 Å². The largest absolute Gasteiger partial charge is 0.330 e. The minimum atomic E-state index is 0.788. The molecule has 0 aromatic carbocycles. The van der Waals surface area contributed by atoms with Crippen LogP contribution in [0.1, 0.15) is 33.1 Å². The molecule has 2 nitrogen and oxygen atoms in total. The van der Waals surface area contributed by atoms with Crippen LogP contribution in [0.3, 0.4) is 0 Å². The van der Waals surface area contributed by atoms with Crippen LogP contribution in [0.5, 0.6) is 0 Å². The van der Waals surface area contributed by atoms with Crippen molar-refractivity contribution >= 4 is 0 Å². The van der Waals surface area contributed by atoms with Gasteiger partial charge in [0.1, 0.15) is 0 Å².